The van der Waals surface area contributed by atoms with Crippen molar-refractivity contribution in [1.82, 2.24) is 0 Å². The Morgan fingerprint density at radius 3 is 2.53 bits per heavy atom. The maximum atomic E-state index is 13.2. The molecule has 0 aliphatic heterocycles. The van der Waals surface area contributed by atoms with Crippen LogP contribution >= 0.6 is 23.2 Å². The minimum absolute atomic E-state index is 0.334. The molecule has 0 aliphatic rings. The Morgan fingerprint density at radius 1 is 1.11 bits per heavy atom. The maximum Gasteiger partial charge on any atom is 0.147 e. The summed E-state index contributed by atoms with van der Waals surface area (Å²) in [6, 6.07) is 8.70. The molecule has 0 fully saturated rings. The van der Waals surface area contributed by atoms with Gasteiger partial charge < -0.3 is 9.84 Å². The van der Waals surface area contributed by atoms with E-state index in [9.17, 15) is 9.50 Å². The highest BCUT2D eigenvalue weighted by Crippen LogP contribution is 2.35. The highest BCUT2D eigenvalue weighted by Gasteiger charge is 2.13. The van der Waals surface area contributed by atoms with Gasteiger partial charge in [-0.3, -0.25) is 0 Å². The lowest BCUT2D eigenvalue weighted by atomic mass is 10.1. The van der Waals surface area contributed by atoms with Crippen molar-refractivity contribution in [3.8, 4) is 11.5 Å². The summed E-state index contributed by atoms with van der Waals surface area (Å²) in [7, 11) is 0. The largest absolute Gasteiger partial charge is 0.455 e. The van der Waals surface area contributed by atoms with Crippen LogP contribution in [0.1, 0.15) is 18.6 Å². The quantitative estimate of drug-likeness (QED) is 0.866. The molecule has 2 aromatic rings. The van der Waals surface area contributed by atoms with Crippen LogP contribution in [-0.4, -0.2) is 5.11 Å². The lowest BCUT2D eigenvalue weighted by Crippen LogP contribution is -1.97. The summed E-state index contributed by atoms with van der Waals surface area (Å²) in [4.78, 5) is 0. The van der Waals surface area contributed by atoms with E-state index in [1.807, 2.05) is 0 Å². The first-order valence-corrected chi connectivity index (χ1v) is 6.33. The van der Waals surface area contributed by atoms with E-state index in [0.29, 0.717) is 27.1 Å². The number of halogens is 3. The number of hydrogen-bond donors (Lipinski definition) is 1. The van der Waals surface area contributed by atoms with Gasteiger partial charge in [-0.05, 0) is 37.3 Å². The fraction of sp³-hybridized carbons (Fsp3) is 0.143. The number of aliphatic hydroxyl groups is 1. The molecule has 19 heavy (non-hydrogen) atoms. The summed E-state index contributed by atoms with van der Waals surface area (Å²) in [5.41, 5.74) is 0.344. The Hall–Kier alpha value is -1.29. The Morgan fingerprint density at radius 2 is 1.84 bits per heavy atom. The van der Waals surface area contributed by atoms with Gasteiger partial charge in [-0.1, -0.05) is 23.2 Å². The van der Waals surface area contributed by atoms with E-state index >= 15 is 0 Å². The molecular weight excluding hydrogens is 290 g/mol. The molecule has 0 saturated heterocycles. The molecule has 0 aromatic heterocycles. The van der Waals surface area contributed by atoms with E-state index < -0.39 is 11.9 Å². The van der Waals surface area contributed by atoms with Gasteiger partial charge in [0, 0.05) is 16.7 Å². The zero-order valence-corrected chi connectivity index (χ0v) is 11.5. The number of benzene rings is 2. The van der Waals surface area contributed by atoms with E-state index in [2.05, 4.69) is 0 Å². The lowest BCUT2D eigenvalue weighted by molar-refractivity contribution is 0.195. The molecule has 2 nitrogen and oxygen atoms in total. The molecule has 0 radical (unpaired) electrons. The molecule has 0 saturated carbocycles. The molecule has 2 rings (SSSR count). The first-order chi connectivity index (χ1) is 8.97. The molecule has 0 unspecified atom stereocenters. The van der Waals surface area contributed by atoms with Crippen LogP contribution in [0, 0.1) is 5.82 Å². The molecule has 1 atom stereocenters. The standard InChI is InChI=1S/C14H11Cl2FO2/c1-8(18)11-7-10(17)3-5-13(11)19-14-6-9(15)2-4-12(14)16/h2-8,18H,1H3/t8-/m1/s1. The van der Waals surface area contributed by atoms with Crippen molar-refractivity contribution >= 4 is 23.2 Å². The van der Waals surface area contributed by atoms with Crippen LogP contribution in [0.4, 0.5) is 4.39 Å². The summed E-state index contributed by atoms with van der Waals surface area (Å²) in [5.74, 6) is 0.240. The van der Waals surface area contributed by atoms with Gasteiger partial charge in [-0.25, -0.2) is 4.39 Å². The number of ether oxygens (including phenoxy) is 1. The van der Waals surface area contributed by atoms with Crippen molar-refractivity contribution in [2.75, 3.05) is 0 Å². The highest BCUT2D eigenvalue weighted by molar-refractivity contribution is 6.34. The van der Waals surface area contributed by atoms with Gasteiger partial charge in [0.15, 0.2) is 0 Å². The smallest absolute Gasteiger partial charge is 0.147 e. The van der Waals surface area contributed by atoms with Crippen LogP contribution in [0.3, 0.4) is 0 Å². The summed E-state index contributed by atoms with van der Waals surface area (Å²) in [6.45, 7) is 1.53. The monoisotopic (exact) mass is 300 g/mol. The fourth-order valence-corrected chi connectivity index (χ4v) is 1.93. The lowest BCUT2D eigenvalue weighted by Gasteiger charge is -2.14. The Bertz CT molecular complexity index is 600. The zero-order valence-electron chi connectivity index (χ0n) is 10.0. The molecule has 0 aliphatic carbocycles. The first kappa shape index (κ1) is 14.1. The van der Waals surface area contributed by atoms with Gasteiger partial charge >= 0.3 is 0 Å². The van der Waals surface area contributed by atoms with Gasteiger partial charge in [0.25, 0.3) is 0 Å². The number of aliphatic hydroxyl groups excluding tert-OH is 1. The van der Waals surface area contributed by atoms with Gasteiger partial charge in [-0.15, -0.1) is 0 Å². The SMILES string of the molecule is C[C@@H](O)c1cc(F)ccc1Oc1cc(Cl)ccc1Cl. The summed E-state index contributed by atoms with van der Waals surface area (Å²) < 4.78 is 18.8. The third-order valence-corrected chi connectivity index (χ3v) is 3.08. The maximum absolute atomic E-state index is 13.2. The normalized spacial score (nSPS) is 12.3. The minimum Gasteiger partial charge on any atom is -0.455 e. The molecule has 0 heterocycles. The number of hydrogen-bond acceptors (Lipinski definition) is 2. The van der Waals surface area contributed by atoms with Crippen molar-refractivity contribution in [3.05, 3.63) is 57.8 Å². The molecular formula is C14H11Cl2FO2. The van der Waals surface area contributed by atoms with E-state index in [-0.39, 0.29) is 0 Å². The second-order valence-corrected chi connectivity index (χ2v) is 4.88. The second kappa shape index (κ2) is 5.78. The predicted octanol–water partition coefficient (Wildman–Crippen LogP) is 4.98. The van der Waals surface area contributed by atoms with Crippen LogP contribution < -0.4 is 4.74 Å². The van der Waals surface area contributed by atoms with Gasteiger partial charge in [0.05, 0.1) is 11.1 Å². The second-order valence-electron chi connectivity index (χ2n) is 4.03. The van der Waals surface area contributed by atoms with Gasteiger partial charge in [0.2, 0.25) is 0 Å². The van der Waals surface area contributed by atoms with Crippen LogP contribution in [0.2, 0.25) is 10.0 Å². The Balaban J connectivity index is 2.40. The topological polar surface area (TPSA) is 29.5 Å². The van der Waals surface area contributed by atoms with E-state index in [4.69, 9.17) is 27.9 Å². The number of rotatable bonds is 3. The van der Waals surface area contributed by atoms with E-state index in [0.717, 1.165) is 0 Å². The third kappa shape index (κ3) is 3.38. The summed E-state index contributed by atoms with van der Waals surface area (Å²) >= 11 is 11.9. The Labute approximate surface area is 120 Å². The molecule has 1 N–H and O–H groups in total. The minimum atomic E-state index is -0.858. The van der Waals surface area contributed by atoms with Gasteiger partial charge in [0.1, 0.15) is 17.3 Å². The van der Waals surface area contributed by atoms with E-state index in [1.54, 1.807) is 18.2 Å². The van der Waals surface area contributed by atoms with Crippen molar-refractivity contribution in [2.24, 2.45) is 0 Å². The Kier molecular flexibility index (Phi) is 4.30. The molecule has 0 spiro atoms. The predicted molar refractivity (Wildman–Crippen MR) is 73.6 cm³/mol. The van der Waals surface area contributed by atoms with Crippen LogP contribution in [0.15, 0.2) is 36.4 Å². The first-order valence-electron chi connectivity index (χ1n) is 5.58. The van der Waals surface area contributed by atoms with Crippen molar-refractivity contribution in [1.29, 1.82) is 0 Å². The average molecular weight is 301 g/mol. The fourth-order valence-electron chi connectivity index (χ4n) is 1.61. The van der Waals surface area contributed by atoms with Crippen LogP contribution in [0.5, 0.6) is 11.5 Å². The van der Waals surface area contributed by atoms with Crippen molar-refractivity contribution < 1.29 is 14.2 Å². The molecule has 2 aromatic carbocycles. The summed E-state index contributed by atoms with van der Waals surface area (Å²) in [5, 5.41) is 10.5. The van der Waals surface area contributed by atoms with Crippen molar-refractivity contribution in [3.63, 3.8) is 0 Å². The molecule has 100 valence electrons. The summed E-state index contributed by atoms with van der Waals surface area (Å²) in [6.07, 6.45) is -0.858. The van der Waals surface area contributed by atoms with Gasteiger partial charge in [-0.2, -0.15) is 0 Å². The van der Waals surface area contributed by atoms with Crippen LogP contribution in [0.25, 0.3) is 0 Å². The zero-order chi connectivity index (χ0) is 14.0. The average Bonchev–Trinajstić information content (AvgIpc) is 2.35. The third-order valence-electron chi connectivity index (χ3n) is 2.54. The van der Waals surface area contributed by atoms with Crippen molar-refractivity contribution in [2.45, 2.75) is 13.0 Å². The molecule has 0 amide bonds. The molecule has 0 bridgehead atoms. The molecule has 5 heteroatoms. The van der Waals surface area contributed by atoms with E-state index in [1.165, 1.54) is 25.1 Å². The highest BCUT2D eigenvalue weighted by atomic mass is 35.5. The van der Waals surface area contributed by atoms with Crippen LogP contribution in [-0.2, 0) is 0 Å².